The van der Waals surface area contributed by atoms with Gasteiger partial charge in [0.05, 0.1) is 5.69 Å². The van der Waals surface area contributed by atoms with Crippen molar-refractivity contribution in [1.82, 2.24) is 0 Å². The molecule has 0 atom stereocenters. The Bertz CT molecular complexity index is 3640. The number of hydrogen-bond acceptors (Lipinski definition) is 3. The monoisotopic (exact) mass is 821 g/mol. The van der Waals surface area contributed by atoms with Crippen LogP contribution in [0.25, 0.3) is 97.7 Å². The van der Waals surface area contributed by atoms with Crippen molar-refractivity contribution in [2.45, 2.75) is 0 Å². The van der Waals surface area contributed by atoms with Crippen LogP contribution in [0.1, 0.15) is 0 Å². The maximum Gasteiger partial charge on any atom is 0.135 e. The van der Waals surface area contributed by atoms with E-state index in [4.69, 9.17) is 4.42 Å². The van der Waals surface area contributed by atoms with Gasteiger partial charge in [-0.3, -0.25) is 0 Å². The first-order valence-corrected chi connectivity index (χ1v) is 22.2. The Balaban J connectivity index is 1.13. The van der Waals surface area contributed by atoms with Crippen LogP contribution in [-0.4, -0.2) is 0 Å². The normalized spacial score (nSPS) is 11.5. The summed E-state index contributed by atoms with van der Waals surface area (Å²) in [5.41, 5.74) is 16.6. The van der Waals surface area contributed by atoms with Gasteiger partial charge in [-0.05, 0) is 117 Å². The predicted molar refractivity (Wildman–Crippen MR) is 268 cm³/mol. The highest BCUT2D eigenvalue weighted by atomic mass is 32.1. The molecule has 0 fully saturated rings. The van der Waals surface area contributed by atoms with Gasteiger partial charge in [0, 0.05) is 47.9 Å². The number of benzene rings is 10. The van der Waals surface area contributed by atoms with Gasteiger partial charge in [0.1, 0.15) is 11.2 Å². The lowest BCUT2D eigenvalue weighted by molar-refractivity contribution is 0.669. The van der Waals surface area contributed by atoms with Crippen molar-refractivity contribution in [3.63, 3.8) is 0 Å². The van der Waals surface area contributed by atoms with Gasteiger partial charge in [-0.15, -0.1) is 11.3 Å². The highest BCUT2D eigenvalue weighted by Crippen LogP contribution is 2.48. The third-order valence-corrected chi connectivity index (χ3v) is 13.4. The van der Waals surface area contributed by atoms with Crippen molar-refractivity contribution in [2.24, 2.45) is 0 Å². The number of furan rings is 1. The minimum Gasteiger partial charge on any atom is -0.456 e. The number of fused-ring (bicyclic) bond motifs is 6. The zero-order valence-electron chi connectivity index (χ0n) is 34.3. The number of anilines is 3. The van der Waals surface area contributed by atoms with Crippen LogP contribution in [0, 0.1) is 0 Å². The average Bonchev–Trinajstić information content (AvgIpc) is 3.93. The van der Waals surface area contributed by atoms with E-state index in [0.29, 0.717) is 0 Å². The van der Waals surface area contributed by atoms with Gasteiger partial charge in [-0.1, -0.05) is 170 Å². The molecule has 2 heterocycles. The third kappa shape index (κ3) is 6.58. The molecule has 0 saturated carbocycles. The van der Waals surface area contributed by atoms with Gasteiger partial charge in [0.2, 0.25) is 0 Å². The Hall–Kier alpha value is -7.98. The molecule has 0 N–H and O–H groups in total. The van der Waals surface area contributed by atoms with Crippen LogP contribution < -0.4 is 4.90 Å². The van der Waals surface area contributed by atoms with Crippen LogP contribution >= 0.6 is 11.3 Å². The summed E-state index contributed by atoms with van der Waals surface area (Å²) in [6, 6.07) is 85.7. The van der Waals surface area contributed by atoms with Crippen molar-refractivity contribution in [2.75, 3.05) is 4.90 Å². The summed E-state index contributed by atoms with van der Waals surface area (Å²) in [6.45, 7) is 0. The molecule has 296 valence electrons. The Labute approximate surface area is 370 Å². The summed E-state index contributed by atoms with van der Waals surface area (Å²) in [5.74, 6) is 0. The summed E-state index contributed by atoms with van der Waals surface area (Å²) >= 11 is 1.86. The molecule has 0 radical (unpaired) electrons. The predicted octanol–water partition coefficient (Wildman–Crippen LogP) is 17.8. The first-order chi connectivity index (χ1) is 31.2. The van der Waals surface area contributed by atoms with Crippen molar-refractivity contribution in [3.05, 3.63) is 237 Å². The van der Waals surface area contributed by atoms with E-state index in [2.05, 4.69) is 229 Å². The summed E-state index contributed by atoms with van der Waals surface area (Å²) in [4.78, 5) is 2.46. The molecule has 2 nitrogen and oxygen atoms in total. The molecule has 63 heavy (non-hydrogen) atoms. The van der Waals surface area contributed by atoms with Crippen LogP contribution in [0.3, 0.4) is 0 Å². The molecule has 0 aliphatic rings. The topological polar surface area (TPSA) is 16.4 Å². The molecule has 0 amide bonds. The van der Waals surface area contributed by atoms with E-state index in [1.165, 1.54) is 48.0 Å². The van der Waals surface area contributed by atoms with Gasteiger partial charge in [-0.25, -0.2) is 0 Å². The van der Waals surface area contributed by atoms with Crippen LogP contribution in [0.2, 0.25) is 0 Å². The fraction of sp³-hybridized carbons (Fsp3) is 0. The molecule has 12 rings (SSSR count). The molecule has 0 bridgehead atoms. The molecule has 2 aromatic heterocycles. The van der Waals surface area contributed by atoms with Crippen LogP contribution in [0.4, 0.5) is 17.1 Å². The van der Waals surface area contributed by atoms with Crippen molar-refractivity contribution >= 4 is 70.5 Å². The smallest absolute Gasteiger partial charge is 0.135 e. The van der Waals surface area contributed by atoms with E-state index in [9.17, 15) is 0 Å². The van der Waals surface area contributed by atoms with Crippen molar-refractivity contribution in [3.8, 4) is 55.6 Å². The molecule has 0 saturated heterocycles. The highest BCUT2D eigenvalue weighted by Gasteiger charge is 2.23. The van der Waals surface area contributed by atoms with E-state index < -0.39 is 0 Å². The summed E-state index contributed by atoms with van der Waals surface area (Å²) in [6.07, 6.45) is 0. The number of para-hydroxylation sites is 1. The van der Waals surface area contributed by atoms with Crippen LogP contribution in [-0.2, 0) is 0 Å². The third-order valence-electron chi connectivity index (χ3n) is 12.3. The zero-order chi connectivity index (χ0) is 41.7. The van der Waals surface area contributed by atoms with E-state index >= 15 is 0 Å². The standard InChI is InChI=1S/C60H39NOS/c1-3-16-40(17-4-1)42-20-11-23-46(36-42)59-49(45-34-35-56-53(39-45)51-26-7-9-31-55(51)62-56)28-14-30-54(59)61(47-24-12-21-43(37-47)41-18-5-2-6-19-41)48-25-13-22-44(38-48)50-29-15-33-58-60(50)52-27-8-10-32-57(52)63-58/h1-39H. The maximum atomic E-state index is 6.33. The molecule has 12 aromatic rings. The minimum atomic E-state index is 0.883. The SMILES string of the molecule is c1ccc(-c2cccc(-c3c(-c4ccc5oc6ccccc6c5c4)cccc3N(c3cccc(-c4ccccc4)c3)c3cccc(-c4cccc5sc6ccccc6c45)c3)c2)cc1. The number of thiophene rings is 1. The van der Waals surface area contributed by atoms with Crippen molar-refractivity contribution in [1.29, 1.82) is 0 Å². The first kappa shape index (κ1) is 36.8. The fourth-order valence-corrected chi connectivity index (χ4v) is 10.5. The molecule has 10 aromatic carbocycles. The summed E-state index contributed by atoms with van der Waals surface area (Å²) < 4.78 is 8.93. The number of hydrogen-bond donors (Lipinski definition) is 0. The number of nitrogens with zero attached hydrogens (tertiary/aromatic N) is 1. The van der Waals surface area contributed by atoms with E-state index in [-0.39, 0.29) is 0 Å². The average molecular weight is 822 g/mol. The second kappa shape index (κ2) is 15.5. The van der Waals surface area contributed by atoms with Crippen molar-refractivity contribution < 1.29 is 4.42 Å². The second-order valence-corrected chi connectivity index (χ2v) is 17.1. The fourth-order valence-electron chi connectivity index (χ4n) is 9.36. The van der Waals surface area contributed by atoms with E-state index in [1.807, 2.05) is 23.5 Å². The Kier molecular flexibility index (Phi) is 9.06. The summed E-state index contributed by atoms with van der Waals surface area (Å²) in [5, 5.41) is 4.81. The molecule has 0 aliphatic carbocycles. The zero-order valence-corrected chi connectivity index (χ0v) is 35.1. The largest absolute Gasteiger partial charge is 0.456 e. The summed E-state index contributed by atoms with van der Waals surface area (Å²) in [7, 11) is 0. The maximum absolute atomic E-state index is 6.33. The Morgan fingerprint density at radius 2 is 0.857 bits per heavy atom. The minimum absolute atomic E-state index is 0.883. The lowest BCUT2D eigenvalue weighted by Gasteiger charge is -2.30. The molecule has 0 aliphatic heterocycles. The van der Waals surface area contributed by atoms with Crippen LogP contribution in [0.5, 0.6) is 0 Å². The Morgan fingerprint density at radius 1 is 0.317 bits per heavy atom. The van der Waals surface area contributed by atoms with Gasteiger partial charge < -0.3 is 9.32 Å². The van der Waals surface area contributed by atoms with Gasteiger partial charge in [0.15, 0.2) is 0 Å². The molecule has 3 heteroatoms. The van der Waals surface area contributed by atoms with E-state index in [0.717, 1.165) is 66.8 Å². The van der Waals surface area contributed by atoms with Gasteiger partial charge >= 0.3 is 0 Å². The Morgan fingerprint density at radius 3 is 1.65 bits per heavy atom. The lowest BCUT2D eigenvalue weighted by Crippen LogP contribution is -2.12. The number of rotatable bonds is 8. The second-order valence-electron chi connectivity index (χ2n) is 16.0. The molecular formula is C60H39NOS. The van der Waals surface area contributed by atoms with E-state index in [1.54, 1.807) is 0 Å². The lowest BCUT2D eigenvalue weighted by atomic mass is 9.89. The molecular weight excluding hydrogens is 783 g/mol. The van der Waals surface area contributed by atoms with Gasteiger partial charge in [0.25, 0.3) is 0 Å². The quantitative estimate of drug-likeness (QED) is 0.152. The molecule has 0 unspecified atom stereocenters. The molecule has 0 spiro atoms. The highest BCUT2D eigenvalue weighted by molar-refractivity contribution is 7.25. The van der Waals surface area contributed by atoms with Crippen LogP contribution in [0.15, 0.2) is 241 Å². The van der Waals surface area contributed by atoms with Gasteiger partial charge in [-0.2, -0.15) is 0 Å². The first-order valence-electron chi connectivity index (χ1n) is 21.4.